The van der Waals surface area contributed by atoms with Crippen LogP contribution in [-0.4, -0.2) is 23.5 Å². The summed E-state index contributed by atoms with van der Waals surface area (Å²) in [7, 11) is 1.77. The van der Waals surface area contributed by atoms with E-state index in [1.165, 1.54) is 0 Å². The highest BCUT2D eigenvalue weighted by Gasteiger charge is 2.01. The summed E-state index contributed by atoms with van der Waals surface area (Å²) in [5.41, 5.74) is 2.22. The minimum Gasteiger partial charge on any atom is -0.294 e. The van der Waals surface area contributed by atoms with Gasteiger partial charge in [-0.05, 0) is 18.0 Å². The molecule has 1 heterocycles. The van der Waals surface area contributed by atoms with Gasteiger partial charge in [-0.25, -0.2) is 0 Å². The monoisotopic (exact) mass is 240 g/mol. The number of hydrogen-bond donors (Lipinski definition) is 0. The number of hydrogen-bond acceptors (Lipinski definition) is 2. The second-order valence-electron chi connectivity index (χ2n) is 2.26. The summed E-state index contributed by atoms with van der Waals surface area (Å²) >= 11 is 1.65. The molecule has 0 fully saturated rings. The molecule has 2 nitrogen and oxygen atoms in total. The van der Waals surface area contributed by atoms with E-state index in [9.17, 15) is 0 Å². The average Bonchev–Trinajstić information content (AvgIpc) is 2.77. The molecule has 92 valence electrons. The van der Waals surface area contributed by atoms with Gasteiger partial charge in [0.25, 0.3) is 0 Å². The molecule has 0 bridgehead atoms. The Bertz CT molecular complexity index is 301. The topological polar surface area (TPSA) is 17.3 Å². The maximum atomic E-state index is 3.99. The van der Waals surface area contributed by atoms with Gasteiger partial charge < -0.3 is 0 Å². The Hall–Kier alpha value is -0.960. The quantitative estimate of drug-likeness (QED) is 0.718. The third-order valence-electron chi connectivity index (χ3n) is 1.59. The van der Waals surface area contributed by atoms with Crippen molar-refractivity contribution in [3.63, 3.8) is 0 Å². The molecule has 0 amide bonds. The first kappa shape index (κ1) is 17.4. The van der Waals surface area contributed by atoms with Gasteiger partial charge in [0.2, 0.25) is 0 Å². The SMILES string of the molecule is C=Cc1ccn(SC)c1C=NC.CC.CC. The highest BCUT2D eigenvalue weighted by Crippen LogP contribution is 2.14. The number of rotatable bonds is 3. The Morgan fingerprint density at radius 2 is 1.88 bits per heavy atom. The van der Waals surface area contributed by atoms with Crippen molar-refractivity contribution in [1.82, 2.24) is 3.97 Å². The highest BCUT2D eigenvalue weighted by molar-refractivity contribution is 7.97. The molecule has 0 unspecified atom stereocenters. The van der Waals surface area contributed by atoms with Gasteiger partial charge in [-0.15, -0.1) is 0 Å². The Labute approximate surface area is 105 Å². The molecule has 1 rings (SSSR count). The molecule has 0 aromatic carbocycles. The van der Waals surface area contributed by atoms with E-state index >= 15 is 0 Å². The lowest BCUT2D eigenvalue weighted by atomic mass is 10.2. The third-order valence-corrected chi connectivity index (χ3v) is 2.30. The van der Waals surface area contributed by atoms with Crippen LogP contribution >= 0.6 is 11.9 Å². The fraction of sp³-hybridized carbons (Fsp3) is 0.462. The minimum absolute atomic E-state index is 1.10. The first-order chi connectivity index (χ1) is 7.83. The minimum atomic E-state index is 1.10. The standard InChI is InChI=1S/C9H12N2S.2C2H6/c1-4-8-5-6-11(12-3)9(8)7-10-2;2*1-2/h4-7H,1H2,2-3H3;2*1-2H3. The summed E-state index contributed by atoms with van der Waals surface area (Å²) in [6.45, 7) is 11.7. The Morgan fingerprint density at radius 3 is 2.25 bits per heavy atom. The maximum Gasteiger partial charge on any atom is 0.0768 e. The Morgan fingerprint density at radius 1 is 1.31 bits per heavy atom. The van der Waals surface area contributed by atoms with Crippen molar-refractivity contribution in [2.24, 2.45) is 4.99 Å². The highest BCUT2D eigenvalue weighted by atomic mass is 32.2. The summed E-state index contributed by atoms with van der Waals surface area (Å²) in [6, 6.07) is 2.03. The molecular weight excluding hydrogens is 216 g/mol. The molecule has 16 heavy (non-hydrogen) atoms. The van der Waals surface area contributed by atoms with E-state index < -0.39 is 0 Å². The van der Waals surface area contributed by atoms with E-state index in [0.29, 0.717) is 0 Å². The van der Waals surface area contributed by atoms with Crippen LogP contribution in [0.2, 0.25) is 0 Å². The van der Waals surface area contributed by atoms with Crippen LogP contribution in [0.5, 0.6) is 0 Å². The van der Waals surface area contributed by atoms with Crippen LogP contribution in [0.3, 0.4) is 0 Å². The molecule has 0 aliphatic heterocycles. The predicted molar refractivity (Wildman–Crippen MR) is 79.7 cm³/mol. The zero-order valence-electron chi connectivity index (χ0n) is 11.3. The second-order valence-corrected chi connectivity index (χ2v) is 3.01. The van der Waals surface area contributed by atoms with Gasteiger partial charge in [-0.1, -0.05) is 40.3 Å². The predicted octanol–water partition coefficient (Wildman–Crippen LogP) is 4.36. The van der Waals surface area contributed by atoms with Gasteiger partial charge in [0.1, 0.15) is 0 Å². The van der Waals surface area contributed by atoms with Crippen LogP contribution in [0, 0.1) is 0 Å². The van der Waals surface area contributed by atoms with Crippen LogP contribution in [0.1, 0.15) is 39.0 Å². The molecule has 0 saturated carbocycles. The van der Waals surface area contributed by atoms with E-state index in [1.54, 1.807) is 19.0 Å². The lowest BCUT2D eigenvalue weighted by molar-refractivity contribution is 1.26. The van der Waals surface area contributed by atoms with Crippen molar-refractivity contribution >= 4 is 24.2 Å². The lowest BCUT2D eigenvalue weighted by Gasteiger charge is -1.99. The lowest BCUT2D eigenvalue weighted by Crippen LogP contribution is -1.92. The van der Waals surface area contributed by atoms with E-state index in [2.05, 4.69) is 15.5 Å². The molecule has 0 N–H and O–H groups in total. The van der Waals surface area contributed by atoms with E-state index in [4.69, 9.17) is 0 Å². The van der Waals surface area contributed by atoms with Gasteiger partial charge in [-0.3, -0.25) is 8.96 Å². The fourth-order valence-electron chi connectivity index (χ4n) is 1.03. The molecule has 1 aromatic heterocycles. The van der Waals surface area contributed by atoms with E-state index in [1.807, 2.05) is 58.5 Å². The van der Waals surface area contributed by atoms with Crippen LogP contribution < -0.4 is 0 Å². The van der Waals surface area contributed by atoms with Crippen molar-refractivity contribution in [1.29, 1.82) is 0 Å². The molecule has 0 saturated heterocycles. The summed E-state index contributed by atoms with van der Waals surface area (Å²) in [6.07, 6.45) is 7.72. The molecule has 0 radical (unpaired) electrons. The van der Waals surface area contributed by atoms with E-state index in [-0.39, 0.29) is 0 Å². The van der Waals surface area contributed by atoms with Gasteiger partial charge in [-0.2, -0.15) is 0 Å². The van der Waals surface area contributed by atoms with Gasteiger partial charge in [0.15, 0.2) is 0 Å². The van der Waals surface area contributed by atoms with Crippen LogP contribution in [-0.2, 0) is 0 Å². The van der Waals surface area contributed by atoms with Crippen molar-refractivity contribution < 1.29 is 0 Å². The van der Waals surface area contributed by atoms with Crippen molar-refractivity contribution in [3.8, 4) is 0 Å². The molecular formula is C13H24N2S. The summed E-state index contributed by atoms with van der Waals surface area (Å²) in [5.74, 6) is 0. The van der Waals surface area contributed by atoms with Crippen molar-refractivity contribution in [2.45, 2.75) is 27.7 Å². The largest absolute Gasteiger partial charge is 0.294 e. The summed E-state index contributed by atoms with van der Waals surface area (Å²) < 4.78 is 2.06. The van der Waals surface area contributed by atoms with Crippen molar-refractivity contribution in [2.75, 3.05) is 13.3 Å². The Balaban J connectivity index is 0. The molecule has 0 aliphatic rings. The Kier molecular flexibility index (Phi) is 13.2. The second kappa shape index (κ2) is 12.1. The molecule has 1 aromatic rings. The molecule has 3 heteroatoms. The summed E-state index contributed by atoms with van der Waals surface area (Å²) in [4.78, 5) is 3.99. The first-order valence-electron chi connectivity index (χ1n) is 5.64. The normalized spacial score (nSPS) is 8.88. The van der Waals surface area contributed by atoms with E-state index in [0.717, 1.165) is 11.3 Å². The maximum absolute atomic E-state index is 3.99. The molecule has 0 atom stereocenters. The first-order valence-corrected chi connectivity index (χ1v) is 6.82. The zero-order valence-corrected chi connectivity index (χ0v) is 12.1. The number of nitrogens with zero attached hydrogens (tertiary/aromatic N) is 2. The van der Waals surface area contributed by atoms with Crippen molar-refractivity contribution in [3.05, 3.63) is 30.1 Å². The van der Waals surface area contributed by atoms with Crippen LogP contribution in [0.4, 0.5) is 0 Å². The zero-order chi connectivity index (χ0) is 13.0. The number of aromatic nitrogens is 1. The van der Waals surface area contributed by atoms with Crippen LogP contribution in [0.15, 0.2) is 23.8 Å². The summed E-state index contributed by atoms with van der Waals surface area (Å²) in [5, 5.41) is 0. The van der Waals surface area contributed by atoms with Gasteiger partial charge in [0.05, 0.1) is 5.69 Å². The third kappa shape index (κ3) is 5.21. The average molecular weight is 240 g/mol. The smallest absolute Gasteiger partial charge is 0.0768 e. The molecule has 0 spiro atoms. The fourth-order valence-corrected chi connectivity index (χ4v) is 1.56. The number of aliphatic imine (C=N–C) groups is 1. The van der Waals surface area contributed by atoms with Crippen LogP contribution in [0.25, 0.3) is 6.08 Å². The van der Waals surface area contributed by atoms with Gasteiger partial charge in [0, 0.05) is 31.3 Å². The molecule has 0 aliphatic carbocycles. The van der Waals surface area contributed by atoms with Gasteiger partial charge >= 0.3 is 0 Å².